The van der Waals surface area contributed by atoms with Gasteiger partial charge in [-0.15, -0.1) is 0 Å². The van der Waals surface area contributed by atoms with Gasteiger partial charge < -0.3 is 9.32 Å². The van der Waals surface area contributed by atoms with Crippen molar-refractivity contribution < 1.29 is 17.6 Å². The van der Waals surface area contributed by atoms with Gasteiger partial charge in [-0.2, -0.15) is 4.31 Å². The van der Waals surface area contributed by atoms with Crippen LogP contribution in [0, 0.1) is 11.8 Å². The van der Waals surface area contributed by atoms with Crippen LogP contribution in [-0.4, -0.2) is 53.8 Å². The van der Waals surface area contributed by atoms with Crippen LogP contribution < -0.4 is 5.76 Å². The highest BCUT2D eigenvalue weighted by molar-refractivity contribution is 7.89. The number of fused-ring (bicyclic) bond motifs is 1. The summed E-state index contributed by atoms with van der Waals surface area (Å²) < 4.78 is 34.5. The molecule has 0 unspecified atom stereocenters. The highest BCUT2D eigenvalue weighted by Crippen LogP contribution is 2.28. The third-order valence-electron chi connectivity index (χ3n) is 6.53. The van der Waals surface area contributed by atoms with E-state index in [0.29, 0.717) is 37.0 Å². The lowest BCUT2D eigenvalue weighted by atomic mass is 9.94. The molecule has 0 spiro atoms. The molecule has 4 rings (SSSR count). The van der Waals surface area contributed by atoms with E-state index in [1.54, 1.807) is 6.07 Å². The van der Waals surface area contributed by atoms with Crippen LogP contribution in [0.4, 0.5) is 0 Å². The number of nitrogens with zero attached hydrogens (tertiary/aromatic N) is 3. The van der Waals surface area contributed by atoms with Gasteiger partial charge in [-0.1, -0.05) is 13.8 Å². The van der Waals surface area contributed by atoms with E-state index >= 15 is 0 Å². The Morgan fingerprint density at radius 2 is 1.84 bits per heavy atom. The minimum Gasteiger partial charge on any atom is -0.408 e. The van der Waals surface area contributed by atoms with Crippen LogP contribution in [0.5, 0.6) is 0 Å². The summed E-state index contributed by atoms with van der Waals surface area (Å²) in [6.07, 6.45) is 4.03. The summed E-state index contributed by atoms with van der Waals surface area (Å²) in [5, 5.41) is 0. The second-order valence-corrected chi connectivity index (χ2v) is 11.2. The van der Waals surface area contributed by atoms with Crippen LogP contribution >= 0.6 is 0 Å². The molecular weight excluding hydrogens is 418 g/mol. The Morgan fingerprint density at radius 3 is 2.52 bits per heavy atom. The second kappa shape index (κ2) is 8.43. The van der Waals surface area contributed by atoms with Gasteiger partial charge in [-0.05, 0) is 56.6 Å². The quantitative estimate of drug-likeness (QED) is 0.715. The first-order chi connectivity index (χ1) is 14.7. The van der Waals surface area contributed by atoms with Crippen LogP contribution in [0.2, 0.25) is 0 Å². The number of hydrogen-bond acceptors (Lipinski definition) is 5. The van der Waals surface area contributed by atoms with Crippen molar-refractivity contribution in [3.63, 3.8) is 0 Å². The number of oxazole rings is 1. The molecule has 0 radical (unpaired) electrons. The largest absolute Gasteiger partial charge is 0.420 e. The molecule has 1 aromatic carbocycles. The van der Waals surface area contributed by atoms with Gasteiger partial charge in [-0.3, -0.25) is 9.36 Å². The molecule has 2 saturated heterocycles. The van der Waals surface area contributed by atoms with Crippen molar-refractivity contribution in [2.45, 2.75) is 63.9 Å². The van der Waals surface area contributed by atoms with E-state index in [9.17, 15) is 18.0 Å². The van der Waals surface area contributed by atoms with Gasteiger partial charge >= 0.3 is 5.76 Å². The van der Waals surface area contributed by atoms with Crippen molar-refractivity contribution in [2.24, 2.45) is 11.8 Å². The Hall–Kier alpha value is -2.13. The average molecular weight is 450 g/mol. The monoisotopic (exact) mass is 449 g/mol. The Labute approximate surface area is 182 Å². The molecule has 0 bridgehead atoms. The molecule has 9 heteroatoms. The molecule has 31 heavy (non-hydrogen) atoms. The summed E-state index contributed by atoms with van der Waals surface area (Å²) in [5.74, 6) is -0.179. The topological polar surface area (TPSA) is 92.8 Å². The molecule has 3 heterocycles. The molecule has 0 N–H and O–H groups in total. The molecular formula is C22H31N3O5S. The Morgan fingerprint density at radius 1 is 1.13 bits per heavy atom. The number of carbonyl (C=O) groups excluding carboxylic acids is 1. The predicted molar refractivity (Wildman–Crippen MR) is 117 cm³/mol. The molecule has 0 saturated carbocycles. The van der Waals surface area contributed by atoms with Crippen LogP contribution in [0.1, 0.15) is 46.5 Å². The first kappa shape index (κ1) is 22.1. The maximum Gasteiger partial charge on any atom is 0.420 e. The molecule has 0 aliphatic carbocycles. The second-order valence-electron chi connectivity index (χ2n) is 9.28. The van der Waals surface area contributed by atoms with E-state index in [0.717, 1.165) is 25.7 Å². The van der Waals surface area contributed by atoms with E-state index < -0.39 is 15.8 Å². The highest BCUT2D eigenvalue weighted by Gasteiger charge is 2.32. The lowest BCUT2D eigenvalue weighted by Crippen LogP contribution is -2.44. The molecule has 170 valence electrons. The number of amides is 1. The van der Waals surface area contributed by atoms with Gasteiger partial charge in [-0.25, -0.2) is 13.2 Å². The van der Waals surface area contributed by atoms with E-state index in [-0.39, 0.29) is 29.0 Å². The molecule has 3 atom stereocenters. The van der Waals surface area contributed by atoms with Gasteiger partial charge in [0.05, 0.1) is 10.4 Å². The number of likely N-dealkylation sites (tertiary alicyclic amines) is 1. The maximum absolute atomic E-state index is 13.2. The summed E-state index contributed by atoms with van der Waals surface area (Å²) in [5.41, 5.74) is 0.617. The molecule has 1 amide bonds. The normalized spacial score (nSPS) is 25.8. The zero-order valence-electron chi connectivity index (χ0n) is 18.4. The lowest BCUT2D eigenvalue weighted by Gasteiger charge is -2.34. The molecule has 2 fully saturated rings. The molecule has 2 aliphatic heterocycles. The standard InChI is InChI=1S/C22H31N3O5S/c1-15-10-16(2)13-23(12-15)31(28,29)18-7-8-19-20(11-18)30-22(27)25(19)14-21(26)24-9-5-4-6-17(24)3/h7-8,11,15-17H,4-6,9-10,12-14H2,1-3H3/t15-,16-,17-/m1/s1. The fourth-order valence-corrected chi connectivity index (χ4v) is 6.70. The molecule has 2 aliphatic rings. The fourth-order valence-electron chi connectivity index (χ4n) is 5.00. The van der Waals surface area contributed by atoms with Crippen molar-refractivity contribution in [3.8, 4) is 0 Å². The van der Waals surface area contributed by atoms with Crippen molar-refractivity contribution >= 4 is 27.0 Å². The molecule has 2 aromatic rings. The summed E-state index contributed by atoms with van der Waals surface area (Å²) in [6.45, 7) is 7.69. The number of hydrogen-bond donors (Lipinski definition) is 0. The van der Waals surface area contributed by atoms with Gasteiger partial charge in [0.25, 0.3) is 0 Å². The smallest absolute Gasteiger partial charge is 0.408 e. The van der Waals surface area contributed by atoms with Crippen molar-refractivity contribution in [2.75, 3.05) is 19.6 Å². The SMILES string of the molecule is C[C@@H]1C[C@@H](C)CN(S(=O)(=O)c2ccc3c(c2)oc(=O)n3CC(=O)N2CCCC[C@H]2C)C1. The minimum atomic E-state index is -3.68. The third kappa shape index (κ3) is 4.30. The van der Waals surface area contributed by atoms with E-state index in [2.05, 4.69) is 13.8 Å². The summed E-state index contributed by atoms with van der Waals surface area (Å²) >= 11 is 0. The Kier molecular flexibility index (Phi) is 6.00. The minimum absolute atomic E-state index is 0.108. The van der Waals surface area contributed by atoms with Gasteiger partial charge in [0.1, 0.15) is 6.54 Å². The maximum atomic E-state index is 13.2. The number of aromatic nitrogens is 1. The first-order valence-electron chi connectivity index (χ1n) is 11.1. The summed E-state index contributed by atoms with van der Waals surface area (Å²) in [6, 6.07) is 4.62. The van der Waals surface area contributed by atoms with Gasteiger partial charge in [0.2, 0.25) is 15.9 Å². The van der Waals surface area contributed by atoms with Crippen molar-refractivity contribution in [1.29, 1.82) is 0 Å². The summed E-state index contributed by atoms with van der Waals surface area (Å²) in [4.78, 5) is 27.2. The van der Waals surface area contributed by atoms with Crippen LogP contribution in [0.25, 0.3) is 11.1 Å². The number of sulfonamides is 1. The van der Waals surface area contributed by atoms with Crippen LogP contribution in [-0.2, 0) is 21.4 Å². The van der Waals surface area contributed by atoms with Crippen molar-refractivity contribution in [1.82, 2.24) is 13.8 Å². The zero-order chi connectivity index (χ0) is 22.3. The number of benzene rings is 1. The number of rotatable bonds is 4. The Balaban J connectivity index is 1.61. The average Bonchev–Trinajstić information content (AvgIpc) is 3.02. The van der Waals surface area contributed by atoms with Crippen molar-refractivity contribution in [3.05, 3.63) is 28.7 Å². The van der Waals surface area contributed by atoms with Crippen LogP contribution in [0.3, 0.4) is 0 Å². The third-order valence-corrected chi connectivity index (χ3v) is 8.36. The van der Waals surface area contributed by atoms with E-state index in [4.69, 9.17) is 4.42 Å². The highest BCUT2D eigenvalue weighted by atomic mass is 32.2. The van der Waals surface area contributed by atoms with Crippen LogP contribution in [0.15, 0.2) is 32.3 Å². The fraction of sp³-hybridized carbons (Fsp3) is 0.636. The summed E-state index contributed by atoms with van der Waals surface area (Å²) in [7, 11) is -3.68. The Bertz CT molecular complexity index is 1130. The van der Waals surface area contributed by atoms with E-state index in [1.165, 1.54) is 21.0 Å². The van der Waals surface area contributed by atoms with E-state index in [1.807, 2.05) is 11.8 Å². The molecule has 1 aromatic heterocycles. The number of piperidine rings is 2. The number of carbonyl (C=O) groups is 1. The first-order valence-corrected chi connectivity index (χ1v) is 12.5. The lowest BCUT2D eigenvalue weighted by molar-refractivity contribution is -0.135. The molecule has 8 nitrogen and oxygen atoms in total. The van der Waals surface area contributed by atoms with Gasteiger partial charge in [0, 0.05) is 31.7 Å². The van der Waals surface area contributed by atoms with Gasteiger partial charge in [0.15, 0.2) is 5.58 Å². The zero-order valence-corrected chi connectivity index (χ0v) is 19.2. The predicted octanol–water partition coefficient (Wildman–Crippen LogP) is 2.66.